The van der Waals surface area contributed by atoms with Gasteiger partial charge in [-0.3, -0.25) is 0 Å². The molecule has 0 bridgehead atoms. The number of anilines is 6. The average Bonchev–Trinajstić information content (AvgIpc) is 3.22. The van der Waals surface area contributed by atoms with Crippen molar-refractivity contribution in [3.8, 4) is 0 Å². The van der Waals surface area contributed by atoms with Crippen LogP contribution in [0, 0.1) is 13.8 Å². The van der Waals surface area contributed by atoms with E-state index in [2.05, 4.69) is 232 Å². The summed E-state index contributed by atoms with van der Waals surface area (Å²) in [6.07, 6.45) is 10.7. The Morgan fingerprint density at radius 1 is 0.333 bits per heavy atom. The number of aryl methyl sites for hydroxylation is 4. The zero-order valence-electron chi connectivity index (χ0n) is 31.8. The molecule has 0 saturated carbocycles. The van der Waals surface area contributed by atoms with Crippen molar-refractivity contribution in [2.24, 2.45) is 0 Å². The van der Waals surface area contributed by atoms with Gasteiger partial charge < -0.3 is 9.80 Å². The molecule has 7 aromatic rings. The van der Waals surface area contributed by atoms with Gasteiger partial charge in [-0.1, -0.05) is 158 Å². The molecule has 0 radical (unpaired) electrons. The summed E-state index contributed by atoms with van der Waals surface area (Å²) in [4.78, 5) is 4.72. The van der Waals surface area contributed by atoms with Crippen LogP contribution < -0.4 is 9.80 Å². The highest BCUT2D eigenvalue weighted by Crippen LogP contribution is 2.38. The second-order valence-electron chi connectivity index (χ2n) is 13.8. The Balaban J connectivity index is 1.04. The zero-order chi connectivity index (χ0) is 37.3. The molecule has 0 aliphatic heterocycles. The van der Waals surface area contributed by atoms with E-state index >= 15 is 0 Å². The Hall–Kier alpha value is -6.38. The summed E-state index contributed by atoms with van der Waals surface area (Å²) in [5.74, 6) is 0. The lowest BCUT2D eigenvalue weighted by Crippen LogP contribution is -2.12. The van der Waals surface area contributed by atoms with Crippen LogP contribution in [0.2, 0.25) is 0 Å². The molecule has 2 heteroatoms. The summed E-state index contributed by atoms with van der Waals surface area (Å²) in [6, 6.07) is 61.3. The molecule has 0 fully saturated rings. The van der Waals surface area contributed by atoms with Crippen LogP contribution in [0.4, 0.5) is 34.1 Å². The lowest BCUT2D eigenvalue weighted by Gasteiger charge is -2.27. The fraction of sp³-hybridized carbons (Fsp3) is 0.115. The predicted molar refractivity (Wildman–Crippen MR) is 235 cm³/mol. The second-order valence-corrected chi connectivity index (χ2v) is 13.8. The summed E-state index contributed by atoms with van der Waals surface area (Å²) in [6.45, 7) is 8.70. The van der Waals surface area contributed by atoms with Gasteiger partial charge in [-0.2, -0.15) is 0 Å². The summed E-state index contributed by atoms with van der Waals surface area (Å²) in [5.41, 5.74) is 16.9. The first-order chi connectivity index (χ1) is 26.5. The topological polar surface area (TPSA) is 6.48 Å². The molecule has 0 spiro atoms. The number of rotatable bonds is 12. The molecule has 54 heavy (non-hydrogen) atoms. The summed E-state index contributed by atoms with van der Waals surface area (Å²) in [5, 5.41) is 0. The van der Waals surface area contributed by atoms with Gasteiger partial charge in [-0.15, -0.1) is 0 Å². The molecule has 0 atom stereocenters. The van der Waals surface area contributed by atoms with Gasteiger partial charge in [0.15, 0.2) is 0 Å². The van der Waals surface area contributed by atoms with Crippen LogP contribution in [-0.4, -0.2) is 0 Å². The highest BCUT2D eigenvalue weighted by molar-refractivity contribution is 5.81. The maximum absolute atomic E-state index is 2.36. The molecule has 7 aromatic carbocycles. The molecule has 266 valence electrons. The first-order valence-corrected chi connectivity index (χ1v) is 19.0. The second kappa shape index (κ2) is 17.0. The molecule has 0 aliphatic carbocycles. The number of benzene rings is 7. The van der Waals surface area contributed by atoms with E-state index in [-0.39, 0.29) is 0 Å². The summed E-state index contributed by atoms with van der Waals surface area (Å²) >= 11 is 0. The van der Waals surface area contributed by atoms with Crippen molar-refractivity contribution in [2.45, 2.75) is 40.5 Å². The van der Waals surface area contributed by atoms with Crippen LogP contribution in [0.25, 0.3) is 24.3 Å². The number of hydrogen-bond acceptors (Lipinski definition) is 2. The maximum atomic E-state index is 2.36. The highest BCUT2D eigenvalue weighted by Gasteiger charge is 2.16. The molecule has 0 heterocycles. The zero-order valence-corrected chi connectivity index (χ0v) is 31.8. The minimum atomic E-state index is 0.976. The molecule has 7 rings (SSSR count). The Bertz CT molecular complexity index is 2160. The molecule has 0 aromatic heterocycles. The van der Waals surface area contributed by atoms with Crippen molar-refractivity contribution in [1.29, 1.82) is 0 Å². The van der Waals surface area contributed by atoms with Gasteiger partial charge in [0.05, 0.1) is 0 Å². The monoisotopic (exact) mass is 700 g/mol. The number of para-hydroxylation sites is 2. The molecule has 2 nitrogen and oxygen atoms in total. The van der Waals surface area contributed by atoms with Crippen LogP contribution in [0.3, 0.4) is 0 Å². The molecule has 0 N–H and O–H groups in total. The van der Waals surface area contributed by atoms with Crippen molar-refractivity contribution in [3.63, 3.8) is 0 Å². The van der Waals surface area contributed by atoms with E-state index in [1.807, 2.05) is 0 Å². The van der Waals surface area contributed by atoms with Crippen LogP contribution in [-0.2, 0) is 12.8 Å². The lowest BCUT2D eigenvalue weighted by atomic mass is 10.1. The maximum Gasteiger partial charge on any atom is 0.0493 e. The van der Waals surface area contributed by atoms with Crippen molar-refractivity contribution in [3.05, 3.63) is 214 Å². The van der Waals surface area contributed by atoms with Gasteiger partial charge in [0.1, 0.15) is 0 Å². The van der Waals surface area contributed by atoms with E-state index < -0.39 is 0 Å². The molecule has 0 aliphatic rings. The van der Waals surface area contributed by atoms with Crippen molar-refractivity contribution >= 4 is 58.4 Å². The first kappa shape index (κ1) is 36.0. The van der Waals surface area contributed by atoms with Crippen molar-refractivity contribution < 1.29 is 0 Å². The lowest BCUT2D eigenvalue weighted by molar-refractivity contribution is 1.11. The molecule has 0 amide bonds. The van der Waals surface area contributed by atoms with E-state index in [1.165, 1.54) is 44.8 Å². The van der Waals surface area contributed by atoms with Gasteiger partial charge in [0.2, 0.25) is 0 Å². The van der Waals surface area contributed by atoms with Crippen LogP contribution in [0.5, 0.6) is 0 Å². The largest absolute Gasteiger partial charge is 0.310 e. The fourth-order valence-electron chi connectivity index (χ4n) is 6.87. The normalized spacial score (nSPS) is 11.3. The quantitative estimate of drug-likeness (QED) is 0.117. The Morgan fingerprint density at radius 3 is 0.889 bits per heavy atom. The molecule has 0 unspecified atom stereocenters. The minimum absolute atomic E-state index is 0.976. The summed E-state index contributed by atoms with van der Waals surface area (Å²) < 4.78 is 0. The Kier molecular flexibility index (Phi) is 11.3. The van der Waals surface area contributed by atoms with Gasteiger partial charge in [-0.25, -0.2) is 0 Å². The third-order valence-corrected chi connectivity index (χ3v) is 9.99. The Labute approximate surface area is 322 Å². The van der Waals surface area contributed by atoms with Gasteiger partial charge in [0.25, 0.3) is 0 Å². The van der Waals surface area contributed by atoms with Gasteiger partial charge >= 0.3 is 0 Å². The van der Waals surface area contributed by atoms with Crippen molar-refractivity contribution in [1.82, 2.24) is 0 Å². The third kappa shape index (κ3) is 8.46. The smallest absolute Gasteiger partial charge is 0.0493 e. The van der Waals surface area contributed by atoms with E-state index in [0.29, 0.717) is 0 Å². The number of hydrogen-bond donors (Lipinski definition) is 0. The van der Waals surface area contributed by atoms with Crippen LogP contribution in [0.1, 0.15) is 58.4 Å². The molecular weight excluding hydrogens is 653 g/mol. The third-order valence-electron chi connectivity index (χ3n) is 9.99. The predicted octanol–water partition coefficient (Wildman–Crippen LogP) is 14.7. The van der Waals surface area contributed by atoms with Crippen molar-refractivity contribution in [2.75, 3.05) is 9.80 Å². The Morgan fingerprint density at radius 2 is 0.593 bits per heavy atom. The first-order valence-electron chi connectivity index (χ1n) is 19.0. The van der Waals surface area contributed by atoms with E-state index in [1.54, 1.807) is 0 Å². The van der Waals surface area contributed by atoms with E-state index in [0.717, 1.165) is 46.7 Å². The fourth-order valence-corrected chi connectivity index (χ4v) is 6.87. The summed E-state index contributed by atoms with van der Waals surface area (Å²) in [7, 11) is 0. The number of nitrogens with zero attached hydrogens (tertiary/aromatic N) is 2. The van der Waals surface area contributed by atoms with Crippen LogP contribution in [0.15, 0.2) is 170 Å². The molecular formula is C52H48N2. The minimum Gasteiger partial charge on any atom is -0.310 e. The SMILES string of the molecule is CCc1ccccc1N(c1ccc(C)cc1)c1ccc(C=Cc2ccc(C=Cc3ccc(N(c4ccc(C)cc4)c4ccccc4CC)cc3)cc2)cc1. The highest BCUT2D eigenvalue weighted by atomic mass is 15.1. The van der Waals surface area contributed by atoms with E-state index in [9.17, 15) is 0 Å². The van der Waals surface area contributed by atoms with E-state index in [4.69, 9.17) is 0 Å². The molecule has 0 saturated heterocycles. The van der Waals surface area contributed by atoms with Gasteiger partial charge in [-0.05, 0) is 121 Å². The standard InChI is InChI=1S/C52H48N2/c1-5-45-11-7-9-13-51(45)53(47-31-15-39(3)16-32-47)49-35-27-43(28-36-49)25-23-41-19-21-42(22-20-41)24-26-44-29-37-50(38-30-44)54(48-33-17-40(4)18-34-48)52-14-10-8-12-46(52)6-2/h7-38H,5-6H2,1-4H3. The average molecular weight is 701 g/mol. The van der Waals surface area contributed by atoms with Crippen LogP contribution >= 0.6 is 0 Å². The van der Waals surface area contributed by atoms with Gasteiger partial charge in [0, 0.05) is 34.1 Å².